The lowest BCUT2D eigenvalue weighted by Crippen LogP contribution is -2.54. The molecular weight excluding hydrogens is 531 g/mol. The van der Waals surface area contributed by atoms with Crippen molar-refractivity contribution in [2.24, 2.45) is 0 Å². The molecule has 4 rings (SSSR count). The van der Waals surface area contributed by atoms with Gasteiger partial charge in [0.2, 0.25) is 0 Å². The van der Waals surface area contributed by atoms with Crippen LogP contribution in [0.3, 0.4) is 0 Å². The molecule has 1 heterocycles. The van der Waals surface area contributed by atoms with Crippen LogP contribution in [-0.2, 0) is 20.9 Å². The Hall–Kier alpha value is -4.70. The molecule has 3 aromatic carbocycles. The molecule has 200 valence electrons. The number of nitrogens with one attached hydrogen (secondary N) is 1. The van der Waals surface area contributed by atoms with Crippen molar-refractivity contribution in [3.05, 3.63) is 93.8 Å². The SMILES string of the molecule is CCOC(=O)c1ccc(N2C(=O)NC(=O)/C(=C\c3cc(Cl)c(OCc4cccc(F)c4)c(OC)c3)C2=O)cc1. The highest BCUT2D eigenvalue weighted by atomic mass is 35.5. The maximum Gasteiger partial charge on any atom is 0.338 e. The molecule has 1 fully saturated rings. The van der Waals surface area contributed by atoms with Crippen molar-refractivity contribution in [3.63, 3.8) is 0 Å². The number of anilines is 1. The number of imide groups is 2. The van der Waals surface area contributed by atoms with Crippen LogP contribution in [0.5, 0.6) is 11.5 Å². The molecule has 0 atom stereocenters. The fraction of sp³-hybridized carbons (Fsp3) is 0.143. The van der Waals surface area contributed by atoms with Gasteiger partial charge in [-0.1, -0.05) is 23.7 Å². The molecule has 0 aliphatic carbocycles. The zero-order valence-electron chi connectivity index (χ0n) is 20.8. The summed E-state index contributed by atoms with van der Waals surface area (Å²) in [5.41, 5.74) is 0.930. The summed E-state index contributed by atoms with van der Waals surface area (Å²) in [6.45, 7) is 1.88. The third-order valence-electron chi connectivity index (χ3n) is 5.57. The second kappa shape index (κ2) is 11.8. The highest BCUT2D eigenvalue weighted by Crippen LogP contribution is 2.38. The smallest absolute Gasteiger partial charge is 0.338 e. The molecule has 1 N–H and O–H groups in total. The number of carbonyl (C=O) groups is 4. The van der Waals surface area contributed by atoms with E-state index in [4.69, 9.17) is 25.8 Å². The quantitative estimate of drug-likeness (QED) is 0.240. The predicted octanol–water partition coefficient (Wildman–Crippen LogP) is 4.91. The molecule has 0 saturated carbocycles. The number of esters is 1. The van der Waals surface area contributed by atoms with E-state index in [2.05, 4.69) is 5.32 Å². The minimum Gasteiger partial charge on any atom is -0.493 e. The third kappa shape index (κ3) is 6.07. The Morgan fingerprint density at radius 1 is 1.08 bits per heavy atom. The van der Waals surface area contributed by atoms with Crippen LogP contribution in [0, 0.1) is 5.82 Å². The normalized spacial score (nSPS) is 14.3. The average Bonchev–Trinajstić information content (AvgIpc) is 2.90. The van der Waals surface area contributed by atoms with Crippen LogP contribution >= 0.6 is 11.6 Å². The lowest BCUT2D eigenvalue weighted by molar-refractivity contribution is -0.122. The first kappa shape index (κ1) is 27.3. The van der Waals surface area contributed by atoms with Crippen molar-refractivity contribution >= 4 is 47.2 Å². The maximum absolute atomic E-state index is 13.5. The molecule has 0 bridgehead atoms. The number of ether oxygens (including phenoxy) is 3. The Morgan fingerprint density at radius 2 is 1.82 bits per heavy atom. The first-order valence-electron chi connectivity index (χ1n) is 11.6. The van der Waals surface area contributed by atoms with Crippen molar-refractivity contribution in [2.75, 3.05) is 18.6 Å². The summed E-state index contributed by atoms with van der Waals surface area (Å²) in [6, 6.07) is 13.5. The van der Waals surface area contributed by atoms with E-state index >= 15 is 0 Å². The van der Waals surface area contributed by atoms with Gasteiger partial charge in [0.25, 0.3) is 11.8 Å². The Morgan fingerprint density at radius 3 is 2.49 bits per heavy atom. The van der Waals surface area contributed by atoms with Crippen LogP contribution in [0.2, 0.25) is 5.02 Å². The number of halogens is 2. The molecular formula is C28H22ClFN2O7. The zero-order valence-corrected chi connectivity index (χ0v) is 21.6. The van der Waals surface area contributed by atoms with Crippen LogP contribution in [0.15, 0.2) is 66.2 Å². The third-order valence-corrected chi connectivity index (χ3v) is 5.85. The van der Waals surface area contributed by atoms with Crippen molar-refractivity contribution in [3.8, 4) is 11.5 Å². The van der Waals surface area contributed by atoms with Crippen LogP contribution < -0.4 is 19.7 Å². The number of urea groups is 1. The number of nitrogens with zero attached hydrogens (tertiary/aromatic N) is 1. The van der Waals surface area contributed by atoms with Crippen molar-refractivity contribution in [1.29, 1.82) is 0 Å². The number of rotatable bonds is 8. The standard InChI is InChI=1S/C28H22ClFN2O7/c1-3-38-27(35)18-7-9-20(10-8-18)32-26(34)21(25(33)31-28(32)36)12-17-13-22(29)24(23(14-17)37-2)39-15-16-5-4-6-19(30)11-16/h4-14H,3,15H2,1-2H3,(H,31,33,36)/b21-12+. The van der Waals surface area contributed by atoms with Gasteiger partial charge >= 0.3 is 12.0 Å². The van der Waals surface area contributed by atoms with Gasteiger partial charge in [0.15, 0.2) is 11.5 Å². The topological polar surface area (TPSA) is 111 Å². The highest BCUT2D eigenvalue weighted by molar-refractivity contribution is 6.39. The molecule has 39 heavy (non-hydrogen) atoms. The summed E-state index contributed by atoms with van der Waals surface area (Å²) < 4.78 is 29.5. The van der Waals surface area contributed by atoms with E-state index in [1.165, 1.54) is 61.7 Å². The molecule has 4 amide bonds. The van der Waals surface area contributed by atoms with Gasteiger partial charge < -0.3 is 14.2 Å². The number of barbiturate groups is 1. The summed E-state index contributed by atoms with van der Waals surface area (Å²) in [6.07, 6.45) is 1.26. The van der Waals surface area contributed by atoms with Gasteiger partial charge in [-0.05, 0) is 72.7 Å². The van der Waals surface area contributed by atoms with E-state index in [1.807, 2.05) is 0 Å². The fourth-order valence-electron chi connectivity index (χ4n) is 3.77. The number of carbonyl (C=O) groups excluding carboxylic acids is 4. The molecule has 1 aliphatic heterocycles. The Labute approximate surface area is 227 Å². The average molecular weight is 553 g/mol. The number of benzene rings is 3. The zero-order chi connectivity index (χ0) is 28.1. The number of hydrogen-bond donors (Lipinski definition) is 1. The lowest BCUT2D eigenvalue weighted by Gasteiger charge is -2.26. The summed E-state index contributed by atoms with van der Waals surface area (Å²) in [4.78, 5) is 51.0. The molecule has 0 spiro atoms. The van der Waals surface area contributed by atoms with Crippen LogP contribution in [0.4, 0.5) is 14.9 Å². The minimum atomic E-state index is -0.942. The minimum absolute atomic E-state index is 0.0151. The van der Waals surface area contributed by atoms with Gasteiger partial charge in [-0.25, -0.2) is 18.9 Å². The highest BCUT2D eigenvalue weighted by Gasteiger charge is 2.37. The second-order valence-electron chi connectivity index (χ2n) is 8.18. The van der Waals surface area contributed by atoms with Crippen molar-refractivity contribution < 1.29 is 37.8 Å². The Kier molecular flexibility index (Phi) is 8.26. The van der Waals surface area contributed by atoms with E-state index < -0.39 is 29.6 Å². The van der Waals surface area contributed by atoms with E-state index in [0.29, 0.717) is 11.1 Å². The summed E-state index contributed by atoms with van der Waals surface area (Å²) in [7, 11) is 1.39. The molecule has 1 saturated heterocycles. The van der Waals surface area contributed by atoms with Gasteiger partial charge in [0, 0.05) is 0 Å². The Balaban J connectivity index is 1.60. The lowest BCUT2D eigenvalue weighted by atomic mass is 10.1. The predicted molar refractivity (Wildman–Crippen MR) is 140 cm³/mol. The largest absolute Gasteiger partial charge is 0.493 e. The van der Waals surface area contributed by atoms with Crippen LogP contribution in [0.1, 0.15) is 28.4 Å². The van der Waals surface area contributed by atoms with Gasteiger partial charge in [-0.2, -0.15) is 0 Å². The first-order valence-corrected chi connectivity index (χ1v) is 12.0. The summed E-state index contributed by atoms with van der Waals surface area (Å²) in [5, 5.41) is 2.25. The monoisotopic (exact) mass is 552 g/mol. The van der Waals surface area contributed by atoms with E-state index in [-0.39, 0.29) is 46.6 Å². The van der Waals surface area contributed by atoms with E-state index in [9.17, 15) is 23.6 Å². The number of amides is 4. The molecule has 0 aromatic heterocycles. The molecule has 0 radical (unpaired) electrons. The van der Waals surface area contributed by atoms with E-state index in [1.54, 1.807) is 19.1 Å². The molecule has 9 nitrogen and oxygen atoms in total. The molecule has 3 aromatic rings. The molecule has 1 aliphatic rings. The van der Waals surface area contributed by atoms with E-state index in [0.717, 1.165) is 4.90 Å². The van der Waals surface area contributed by atoms with Gasteiger partial charge in [-0.15, -0.1) is 0 Å². The number of hydrogen-bond acceptors (Lipinski definition) is 7. The van der Waals surface area contributed by atoms with Crippen LogP contribution in [0.25, 0.3) is 6.08 Å². The maximum atomic E-state index is 13.5. The molecule has 11 heteroatoms. The van der Waals surface area contributed by atoms with Crippen molar-refractivity contribution in [2.45, 2.75) is 13.5 Å². The first-order chi connectivity index (χ1) is 18.7. The Bertz CT molecular complexity index is 1490. The van der Waals surface area contributed by atoms with Crippen molar-refractivity contribution in [1.82, 2.24) is 5.32 Å². The summed E-state index contributed by atoms with van der Waals surface area (Å²) in [5.74, 6) is -2.35. The number of methoxy groups -OCH3 is 1. The molecule has 0 unspecified atom stereocenters. The van der Waals surface area contributed by atoms with Gasteiger partial charge in [-0.3, -0.25) is 14.9 Å². The van der Waals surface area contributed by atoms with Crippen LogP contribution in [-0.4, -0.2) is 37.5 Å². The fourth-order valence-corrected chi connectivity index (χ4v) is 4.04. The van der Waals surface area contributed by atoms with Gasteiger partial charge in [0.1, 0.15) is 18.0 Å². The second-order valence-corrected chi connectivity index (χ2v) is 8.59. The summed E-state index contributed by atoms with van der Waals surface area (Å²) >= 11 is 6.42. The van der Waals surface area contributed by atoms with Gasteiger partial charge in [0.05, 0.1) is 30.0 Å².